The Kier molecular flexibility index (Phi) is 6.25. The maximum absolute atomic E-state index is 11.5. The van der Waals surface area contributed by atoms with Gasteiger partial charge in [-0.25, -0.2) is 4.79 Å². The van der Waals surface area contributed by atoms with Crippen molar-refractivity contribution in [3.63, 3.8) is 0 Å². The smallest absolute Gasteiger partial charge is 0.407 e. The third kappa shape index (κ3) is 5.58. The summed E-state index contributed by atoms with van der Waals surface area (Å²) in [6.45, 7) is 5.78. The molecule has 1 N–H and O–H groups in total. The van der Waals surface area contributed by atoms with Gasteiger partial charge < -0.3 is 15.0 Å². The molecule has 0 atom stereocenters. The van der Waals surface area contributed by atoms with Crippen molar-refractivity contribution < 1.29 is 14.3 Å². The lowest BCUT2D eigenvalue weighted by Crippen LogP contribution is -2.45. The number of nitrogens with one attached hydrogen (secondary N) is 1. The molecule has 0 bridgehead atoms. The predicted molar refractivity (Wildman–Crippen MR) is 69.8 cm³/mol. The molecule has 1 fully saturated rings. The van der Waals surface area contributed by atoms with Gasteiger partial charge in [-0.3, -0.25) is 4.79 Å². The molecule has 104 valence electrons. The molecule has 0 unspecified atom stereocenters. The second-order valence-electron chi connectivity index (χ2n) is 4.98. The van der Waals surface area contributed by atoms with E-state index >= 15 is 0 Å². The van der Waals surface area contributed by atoms with Crippen LogP contribution in [-0.4, -0.2) is 42.1 Å². The average molecular weight is 277 g/mol. The summed E-state index contributed by atoms with van der Waals surface area (Å²) in [6.07, 6.45) is 1.94. The van der Waals surface area contributed by atoms with E-state index in [1.807, 2.05) is 0 Å². The summed E-state index contributed by atoms with van der Waals surface area (Å²) in [4.78, 5) is 24.0. The number of halogens is 1. The predicted octanol–water partition coefficient (Wildman–Crippen LogP) is 2.58. The van der Waals surface area contributed by atoms with Crippen LogP contribution in [0.25, 0.3) is 0 Å². The highest BCUT2D eigenvalue weighted by molar-refractivity contribution is 6.62. The number of piperidine rings is 1. The molecule has 0 spiro atoms. The van der Waals surface area contributed by atoms with Gasteiger partial charge >= 0.3 is 11.5 Å². The van der Waals surface area contributed by atoms with Crippen LogP contribution in [0, 0.1) is 5.92 Å². The van der Waals surface area contributed by atoms with Crippen LogP contribution < -0.4 is 5.32 Å². The number of hydrogen-bond donors (Lipinski definition) is 1. The Morgan fingerprint density at radius 3 is 2.50 bits per heavy atom. The number of carbonyl (C=O) groups is 2. The Bertz CT molecular complexity index is 289. The highest BCUT2D eigenvalue weighted by atomic mass is 35.5. The summed E-state index contributed by atoms with van der Waals surface area (Å²) in [5.41, 5.74) is 0. The zero-order valence-corrected chi connectivity index (χ0v) is 11.7. The molecule has 1 heterocycles. The molecule has 1 aliphatic heterocycles. The highest BCUT2D eigenvalue weighted by Crippen LogP contribution is 2.12. The first-order valence-corrected chi connectivity index (χ1v) is 6.74. The van der Waals surface area contributed by atoms with E-state index in [4.69, 9.17) is 16.3 Å². The highest BCUT2D eigenvalue weighted by Gasteiger charge is 2.23. The van der Waals surface area contributed by atoms with Crippen molar-refractivity contribution in [1.82, 2.24) is 10.2 Å². The van der Waals surface area contributed by atoms with E-state index in [-0.39, 0.29) is 12.1 Å². The fourth-order valence-corrected chi connectivity index (χ4v) is 1.96. The van der Waals surface area contributed by atoms with Crippen molar-refractivity contribution in [2.24, 2.45) is 5.92 Å². The number of ether oxygens (including phenoxy) is 1. The molecule has 1 rings (SSSR count). The zero-order valence-electron chi connectivity index (χ0n) is 10.9. The Morgan fingerprint density at radius 2 is 2.00 bits per heavy atom. The summed E-state index contributed by atoms with van der Waals surface area (Å²) in [7, 11) is 0. The van der Waals surface area contributed by atoms with Crippen LogP contribution in [0.4, 0.5) is 9.59 Å². The van der Waals surface area contributed by atoms with E-state index in [0.29, 0.717) is 25.6 Å². The summed E-state index contributed by atoms with van der Waals surface area (Å²) in [5.74, 6) is 0.524. The van der Waals surface area contributed by atoms with Crippen LogP contribution in [0.3, 0.4) is 0 Å². The molecule has 0 radical (unpaired) electrons. The third-order valence-electron chi connectivity index (χ3n) is 2.99. The van der Waals surface area contributed by atoms with Crippen molar-refractivity contribution in [1.29, 1.82) is 0 Å². The van der Waals surface area contributed by atoms with Gasteiger partial charge in [0.25, 0.3) is 0 Å². The first kappa shape index (κ1) is 15.1. The topological polar surface area (TPSA) is 58.6 Å². The Balaban J connectivity index is 2.16. The Labute approximate surface area is 113 Å². The molecular weight excluding hydrogens is 256 g/mol. The quantitative estimate of drug-likeness (QED) is 0.634. The van der Waals surface area contributed by atoms with Crippen LogP contribution in [0.1, 0.15) is 33.1 Å². The second-order valence-corrected chi connectivity index (χ2v) is 5.30. The average Bonchev–Trinajstić information content (AvgIpc) is 2.29. The molecular formula is C12H21ClN2O3. The molecule has 0 aromatic heterocycles. The minimum absolute atomic E-state index is 0.0730. The van der Waals surface area contributed by atoms with E-state index in [1.165, 1.54) is 0 Å². The maximum atomic E-state index is 11.5. The zero-order chi connectivity index (χ0) is 13.5. The first-order valence-electron chi connectivity index (χ1n) is 6.36. The van der Waals surface area contributed by atoms with Crippen LogP contribution in [0.2, 0.25) is 0 Å². The minimum atomic E-state index is -0.423. The van der Waals surface area contributed by atoms with Gasteiger partial charge in [0, 0.05) is 19.1 Å². The van der Waals surface area contributed by atoms with Crippen molar-refractivity contribution in [2.45, 2.75) is 39.2 Å². The van der Waals surface area contributed by atoms with E-state index < -0.39 is 5.37 Å². The molecule has 18 heavy (non-hydrogen) atoms. The van der Waals surface area contributed by atoms with Crippen molar-refractivity contribution in [3.05, 3.63) is 0 Å². The monoisotopic (exact) mass is 276 g/mol. The number of nitrogens with zero attached hydrogens (tertiary/aromatic N) is 1. The molecule has 1 aliphatic rings. The molecule has 0 saturated carbocycles. The van der Waals surface area contributed by atoms with Crippen LogP contribution in [-0.2, 0) is 4.74 Å². The van der Waals surface area contributed by atoms with Crippen molar-refractivity contribution >= 4 is 23.1 Å². The second kappa shape index (κ2) is 7.46. The van der Waals surface area contributed by atoms with Gasteiger partial charge in [0.2, 0.25) is 0 Å². The molecule has 0 aliphatic carbocycles. The van der Waals surface area contributed by atoms with Gasteiger partial charge in [-0.05, 0) is 36.8 Å². The van der Waals surface area contributed by atoms with Crippen LogP contribution in [0.15, 0.2) is 0 Å². The third-order valence-corrected chi connectivity index (χ3v) is 3.23. The lowest BCUT2D eigenvalue weighted by molar-refractivity contribution is 0.131. The largest absolute Gasteiger partial charge is 0.450 e. The summed E-state index contributed by atoms with van der Waals surface area (Å²) < 4.78 is 5.07. The van der Waals surface area contributed by atoms with Gasteiger partial charge in [0.15, 0.2) is 0 Å². The van der Waals surface area contributed by atoms with Crippen LogP contribution in [0.5, 0.6) is 0 Å². The molecule has 5 nitrogen and oxygen atoms in total. The summed E-state index contributed by atoms with van der Waals surface area (Å²) in [5, 5.41) is 2.39. The van der Waals surface area contributed by atoms with E-state index in [2.05, 4.69) is 19.2 Å². The number of carbonyl (C=O) groups excluding carboxylic acids is 2. The Hall–Kier alpha value is -0.970. The van der Waals surface area contributed by atoms with Crippen molar-refractivity contribution in [2.75, 3.05) is 19.7 Å². The van der Waals surface area contributed by atoms with E-state index in [9.17, 15) is 9.59 Å². The SMILES string of the molecule is CC(C)CCOC(=O)NC1CCN(C(=O)Cl)CC1. The molecule has 0 aromatic rings. The van der Waals surface area contributed by atoms with E-state index in [1.54, 1.807) is 4.90 Å². The van der Waals surface area contributed by atoms with Gasteiger partial charge in [0.05, 0.1) is 6.61 Å². The maximum Gasteiger partial charge on any atom is 0.407 e. The number of hydrogen-bond acceptors (Lipinski definition) is 3. The lowest BCUT2D eigenvalue weighted by Gasteiger charge is -2.30. The van der Waals surface area contributed by atoms with Crippen LogP contribution >= 0.6 is 11.6 Å². The molecule has 0 aromatic carbocycles. The Morgan fingerprint density at radius 1 is 1.39 bits per heavy atom. The molecule has 1 saturated heterocycles. The minimum Gasteiger partial charge on any atom is -0.450 e. The molecule has 6 heteroatoms. The lowest BCUT2D eigenvalue weighted by atomic mass is 10.1. The van der Waals surface area contributed by atoms with Gasteiger partial charge in [-0.1, -0.05) is 13.8 Å². The van der Waals surface area contributed by atoms with Gasteiger partial charge in [-0.2, -0.15) is 0 Å². The molecule has 2 amide bonds. The number of amides is 2. The van der Waals surface area contributed by atoms with Crippen molar-refractivity contribution in [3.8, 4) is 0 Å². The van der Waals surface area contributed by atoms with Gasteiger partial charge in [-0.15, -0.1) is 0 Å². The van der Waals surface area contributed by atoms with E-state index in [0.717, 1.165) is 19.3 Å². The standard InChI is InChI=1S/C12H21ClN2O3/c1-9(2)5-8-18-12(17)14-10-3-6-15(7-4-10)11(13)16/h9-10H,3-8H2,1-2H3,(H,14,17). The fourth-order valence-electron chi connectivity index (χ4n) is 1.80. The normalized spacial score (nSPS) is 16.8. The fraction of sp³-hybridized carbons (Fsp3) is 0.833. The number of likely N-dealkylation sites (tertiary alicyclic amines) is 1. The first-order chi connectivity index (χ1) is 8.49. The number of rotatable bonds is 4. The number of alkyl carbamates (subject to hydrolysis) is 1. The van der Waals surface area contributed by atoms with Gasteiger partial charge in [0.1, 0.15) is 0 Å². The summed E-state index contributed by atoms with van der Waals surface area (Å²) in [6, 6.07) is 0.0730. The summed E-state index contributed by atoms with van der Waals surface area (Å²) >= 11 is 5.38.